The van der Waals surface area contributed by atoms with Crippen LogP contribution in [0.2, 0.25) is 0 Å². The molecule has 2 aliphatic rings. The molecule has 2 N–H and O–H groups in total. The third kappa shape index (κ3) is 5.65. The number of nitrogens with one attached hydrogen (secondary N) is 2. The average molecular weight is 516 g/mol. The van der Waals surface area contributed by atoms with E-state index in [1.165, 1.54) is 10.4 Å². The Morgan fingerprint density at radius 3 is 2.67 bits per heavy atom. The maximum Gasteiger partial charge on any atom is 0.265 e. The molecule has 4 rings (SSSR count). The highest BCUT2D eigenvalue weighted by atomic mass is 32.2. The molecule has 0 bridgehead atoms. The lowest BCUT2D eigenvalue weighted by Crippen LogP contribution is -2.45. The average Bonchev–Trinajstić information content (AvgIpc) is 2.84. The molecule has 0 aliphatic carbocycles. The highest BCUT2D eigenvalue weighted by Crippen LogP contribution is 2.36. The van der Waals surface area contributed by atoms with Crippen molar-refractivity contribution in [3.05, 3.63) is 47.5 Å². The van der Waals surface area contributed by atoms with Gasteiger partial charge in [-0.3, -0.25) is 9.59 Å². The fourth-order valence-electron chi connectivity index (χ4n) is 4.43. The molecule has 2 aliphatic heterocycles. The van der Waals surface area contributed by atoms with E-state index in [2.05, 4.69) is 10.6 Å². The number of carbonyl (C=O) groups excluding carboxylic acids is 2. The highest BCUT2D eigenvalue weighted by molar-refractivity contribution is 7.89. The summed E-state index contributed by atoms with van der Waals surface area (Å²) in [5.74, 6) is 0.211. The molecule has 9 nitrogen and oxygen atoms in total. The van der Waals surface area contributed by atoms with E-state index in [9.17, 15) is 18.0 Å². The summed E-state index contributed by atoms with van der Waals surface area (Å²) >= 11 is 0. The van der Waals surface area contributed by atoms with Crippen LogP contribution in [-0.2, 0) is 26.2 Å². The molecule has 194 valence electrons. The number of piperidine rings is 1. The molecule has 10 heteroatoms. The van der Waals surface area contributed by atoms with Crippen molar-refractivity contribution < 1.29 is 27.5 Å². The van der Waals surface area contributed by atoms with Crippen LogP contribution in [0.1, 0.15) is 44.7 Å². The van der Waals surface area contributed by atoms with Gasteiger partial charge in [0.05, 0.1) is 22.6 Å². The summed E-state index contributed by atoms with van der Waals surface area (Å²) in [7, 11) is -3.86. The maximum absolute atomic E-state index is 13.5. The molecule has 2 aromatic rings. The second kappa shape index (κ2) is 10.5. The Morgan fingerprint density at radius 1 is 1.25 bits per heavy atom. The number of ether oxygens (including phenoxy) is 2. The van der Waals surface area contributed by atoms with Crippen LogP contribution in [0.4, 0.5) is 5.69 Å². The number of nitrogens with zero attached hydrogens (tertiary/aromatic N) is 1. The van der Waals surface area contributed by atoms with Crippen molar-refractivity contribution in [2.24, 2.45) is 5.92 Å². The van der Waals surface area contributed by atoms with Gasteiger partial charge in [-0.15, -0.1) is 0 Å². The van der Waals surface area contributed by atoms with Gasteiger partial charge in [-0.25, -0.2) is 8.42 Å². The van der Waals surface area contributed by atoms with Crippen molar-refractivity contribution in [2.45, 2.75) is 64.2 Å². The van der Waals surface area contributed by atoms with Crippen molar-refractivity contribution >= 4 is 27.5 Å². The summed E-state index contributed by atoms with van der Waals surface area (Å²) in [6.07, 6.45) is 0.585. The van der Waals surface area contributed by atoms with E-state index in [0.717, 1.165) is 11.3 Å². The molecule has 0 radical (unpaired) electrons. The van der Waals surface area contributed by atoms with Gasteiger partial charge in [0.2, 0.25) is 15.9 Å². The molecular weight excluding hydrogens is 482 g/mol. The molecule has 2 amide bonds. The number of sulfonamides is 1. The number of rotatable bonds is 7. The number of benzene rings is 2. The first-order valence-electron chi connectivity index (χ1n) is 12.2. The van der Waals surface area contributed by atoms with Crippen molar-refractivity contribution in [2.75, 3.05) is 18.4 Å². The quantitative estimate of drug-likeness (QED) is 0.585. The Hall–Kier alpha value is -3.11. The molecule has 36 heavy (non-hydrogen) atoms. The Bertz CT molecular complexity index is 1240. The van der Waals surface area contributed by atoms with E-state index in [1.54, 1.807) is 19.9 Å². The number of amides is 2. The van der Waals surface area contributed by atoms with Crippen molar-refractivity contribution in [1.29, 1.82) is 0 Å². The van der Waals surface area contributed by atoms with Gasteiger partial charge in [0.1, 0.15) is 11.5 Å². The number of hydrogen-bond donors (Lipinski definition) is 2. The number of aryl methyl sites for hydroxylation is 1. The van der Waals surface area contributed by atoms with E-state index in [0.29, 0.717) is 42.9 Å². The minimum absolute atomic E-state index is 0.0862. The zero-order valence-corrected chi connectivity index (χ0v) is 21.9. The van der Waals surface area contributed by atoms with Crippen LogP contribution < -0.4 is 20.1 Å². The third-order valence-electron chi connectivity index (χ3n) is 6.34. The SMILES string of the molecule is Cc1cc2c(cc1S(=O)(=O)N1CCC[C@H](C(=O)NCc3ccc(OC(C)C)cc3)C1)O[C@@H](C)C(=O)N2. The van der Waals surface area contributed by atoms with Crippen LogP contribution in [-0.4, -0.2) is 49.8 Å². The zero-order valence-electron chi connectivity index (χ0n) is 21.0. The number of fused-ring (bicyclic) bond motifs is 1. The van der Waals surface area contributed by atoms with Crippen LogP contribution >= 0.6 is 0 Å². The first-order chi connectivity index (χ1) is 17.0. The van der Waals surface area contributed by atoms with Gasteiger partial charge < -0.3 is 20.1 Å². The maximum atomic E-state index is 13.5. The Morgan fingerprint density at radius 2 is 1.97 bits per heavy atom. The predicted molar refractivity (Wildman–Crippen MR) is 135 cm³/mol. The fraction of sp³-hybridized carbons (Fsp3) is 0.462. The van der Waals surface area contributed by atoms with Gasteiger partial charge >= 0.3 is 0 Å². The lowest BCUT2D eigenvalue weighted by molar-refractivity contribution is -0.126. The van der Waals surface area contributed by atoms with E-state index in [-0.39, 0.29) is 29.4 Å². The summed E-state index contributed by atoms with van der Waals surface area (Å²) in [5, 5.41) is 5.68. The van der Waals surface area contributed by atoms with Crippen LogP contribution in [0.5, 0.6) is 11.5 Å². The summed E-state index contributed by atoms with van der Waals surface area (Å²) < 4.78 is 39.7. The number of hydrogen-bond acceptors (Lipinski definition) is 6. The fourth-order valence-corrected chi connectivity index (χ4v) is 6.17. The van der Waals surface area contributed by atoms with Crippen molar-refractivity contribution in [1.82, 2.24) is 9.62 Å². The molecule has 0 saturated carbocycles. The van der Waals surface area contributed by atoms with Gasteiger partial charge in [-0.2, -0.15) is 4.31 Å². The molecule has 0 aromatic heterocycles. The zero-order chi connectivity index (χ0) is 26.0. The van der Waals surface area contributed by atoms with Crippen LogP contribution in [0.25, 0.3) is 0 Å². The minimum Gasteiger partial charge on any atom is -0.491 e. The molecule has 1 saturated heterocycles. The first kappa shape index (κ1) is 26.0. The summed E-state index contributed by atoms with van der Waals surface area (Å²) in [6.45, 7) is 8.02. The van der Waals surface area contributed by atoms with Crippen molar-refractivity contribution in [3.63, 3.8) is 0 Å². The Kier molecular flexibility index (Phi) is 7.56. The van der Waals surface area contributed by atoms with Crippen LogP contribution in [0.3, 0.4) is 0 Å². The van der Waals surface area contributed by atoms with E-state index in [1.807, 2.05) is 38.1 Å². The van der Waals surface area contributed by atoms with E-state index >= 15 is 0 Å². The molecule has 1 fully saturated rings. The summed E-state index contributed by atoms with van der Waals surface area (Å²) in [5.41, 5.74) is 1.89. The molecule has 2 atom stereocenters. The Balaban J connectivity index is 1.42. The first-order valence-corrected chi connectivity index (χ1v) is 13.6. The predicted octanol–water partition coefficient (Wildman–Crippen LogP) is 3.22. The number of anilines is 1. The van der Waals surface area contributed by atoms with Crippen LogP contribution in [0.15, 0.2) is 41.3 Å². The van der Waals surface area contributed by atoms with E-state index in [4.69, 9.17) is 9.47 Å². The lowest BCUT2D eigenvalue weighted by Gasteiger charge is -2.32. The second-order valence-corrected chi connectivity index (χ2v) is 11.5. The highest BCUT2D eigenvalue weighted by Gasteiger charge is 2.35. The van der Waals surface area contributed by atoms with Crippen molar-refractivity contribution in [3.8, 4) is 11.5 Å². The van der Waals surface area contributed by atoms with Gasteiger partial charge in [0.15, 0.2) is 6.10 Å². The largest absolute Gasteiger partial charge is 0.491 e. The summed E-state index contributed by atoms with van der Waals surface area (Å²) in [6, 6.07) is 10.6. The Labute approximate surface area is 212 Å². The standard InChI is InChI=1S/C26H33N3O6S/c1-16(2)34-21-9-7-19(8-10-21)14-27-26(31)20-6-5-11-29(15-20)36(32,33)24-13-23-22(12-17(24)3)28-25(30)18(4)35-23/h7-10,12-13,16,18,20H,5-6,11,14-15H2,1-4H3,(H,27,31)(H,28,30)/t18-,20-/m0/s1. The van der Waals surface area contributed by atoms with Gasteiger partial charge in [-0.1, -0.05) is 12.1 Å². The number of carbonyl (C=O) groups is 2. The molecule has 0 unspecified atom stereocenters. The summed E-state index contributed by atoms with van der Waals surface area (Å²) in [4.78, 5) is 24.9. The van der Waals surface area contributed by atoms with Gasteiger partial charge in [0.25, 0.3) is 5.91 Å². The molecule has 2 heterocycles. The second-order valence-electron chi connectivity index (χ2n) is 9.59. The lowest BCUT2D eigenvalue weighted by atomic mass is 9.99. The normalized spacial score (nSPS) is 20.3. The monoisotopic (exact) mass is 515 g/mol. The van der Waals surface area contributed by atoms with Gasteiger partial charge in [0, 0.05) is 25.7 Å². The molecular formula is C26H33N3O6S. The van der Waals surface area contributed by atoms with E-state index < -0.39 is 22.0 Å². The molecule has 2 aromatic carbocycles. The molecule has 0 spiro atoms. The smallest absolute Gasteiger partial charge is 0.265 e. The van der Waals surface area contributed by atoms with Crippen LogP contribution in [0, 0.1) is 12.8 Å². The third-order valence-corrected chi connectivity index (χ3v) is 8.35. The van der Waals surface area contributed by atoms with Gasteiger partial charge in [-0.05, 0) is 69.9 Å². The topological polar surface area (TPSA) is 114 Å². The minimum atomic E-state index is -3.86.